The molecule has 2 heterocycles. The molecular weight excluding hydrogens is 450 g/mol. The Bertz CT molecular complexity index is 1350. The fraction of sp³-hybridized carbons (Fsp3) is 0.192. The number of non-ortho nitro benzene ring substituents is 1. The minimum Gasteiger partial charge on any atom is -0.497 e. The molecule has 0 amide bonds. The Balaban J connectivity index is 1.70. The van der Waals surface area contributed by atoms with E-state index in [4.69, 9.17) is 4.74 Å². The lowest BCUT2D eigenvalue weighted by Gasteiger charge is -2.34. The van der Waals surface area contributed by atoms with Crippen LogP contribution in [0.1, 0.15) is 27.4 Å². The Morgan fingerprint density at radius 3 is 2.40 bits per heavy atom. The number of carbonyl (C=O) groups excluding carboxylic acids is 1. The Morgan fingerprint density at radius 1 is 0.971 bits per heavy atom. The van der Waals surface area contributed by atoms with Gasteiger partial charge in [0.25, 0.3) is 5.69 Å². The third-order valence-electron chi connectivity index (χ3n) is 6.72. The number of rotatable bonds is 6. The fourth-order valence-electron chi connectivity index (χ4n) is 5.20. The SMILES string of the molecule is COc1ccc([C@H]2[C@H]([N+](=O)[O-])[C@H]3C=Cc4ccccc4N3[C@H]2C(=O)c2cccc([N+](=O)[O-])c2)cc1. The molecule has 1 fully saturated rings. The van der Waals surface area contributed by atoms with E-state index in [-0.39, 0.29) is 16.2 Å². The van der Waals surface area contributed by atoms with Crippen molar-refractivity contribution in [3.8, 4) is 5.75 Å². The summed E-state index contributed by atoms with van der Waals surface area (Å²) in [5.74, 6) is -0.619. The van der Waals surface area contributed by atoms with Crippen LogP contribution in [0.15, 0.2) is 78.9 Å². The van der Waals surface area contributed by atoms with Gasteiger partial charge in [0.05, 0.1) is 18.0 Å². The Morgan fingerprint density at radius 2 is 1.71 bits per heavy atom. The molecule has 176 valence electrons. The molecule has 4 atom stereocenters. The first kappa shape index (κ1) is 22.3. The first-order chi connectivity index (χ1) is 16.9. The van der Waals surface area contributed by atoms with Gasteiger partial charge in [-0.25, -0.2) is 0 Å². The molecule has 0 unspecified atom stereocenters. The predicted octanol–water partition coefficient (Wildman–Crippen LogP) is 4.50. The van der Waals surface area contributed by atoms with Gasteiger partial charge in [-0.15, -0.1) is 0 Å². The number of anilines is 1. The predicted molar refractivity (Wildman–Crippen MR) is 129 cm³/mol. The average Bonchev–Trinajstić information content (AvgIpc) is 3.24. The van der Waals surface area contributed by atoms with Crippen molar-refractivity contribution in [2.75, 3.05) is 12.0 Å². The highest BCUT2D eigenvalue weighted by Crippen LogP contribution is 2.47. The van der Waals surface area contributed by atoms with Gasteiger partial charge >= 0.3 is 0 Å². The lowest BCUT2D eigenvalue weighted by atomic mass is 9.83. The minimum atomic E-state index is -1.11. The first-order valence-electron chi connectivity index (χ1n) is 11.0. The molecule has 3 aromatic carbocycles. The summed E-state index contributed by atoms with van der Waals surface area (Å²) in [6.07, 6.45) is 3.62. The molecule has 0 radical (unpaired) electrons. The molecule has 2 aliphatic heterocycles. The molecule has 0 bridgehead atoms. The van der Waals surface area contributed by atoms with E-state index < -0.39 is 34.7 Å². The summed E-state index contributed by atoms with van der Waals surface area (Å²) >= 11 is 0. The molecule has 5 rings (SSSR count). The van der Waals surface area contributed by atoms with Gasteiger partial charge in [0.2, 0.25) is 6.04 Å². The molecule has 35 heavy (non-hydrogen) atoms. The third-order valence-corrected chi connectivity index (χ3v) is 6.72. The maximum Gasteiger partial charge on any atom is 0.270 e. The summed E-state index contributed by atoms with van der Waals surface area (Å²) in [4.78, 5) is 38.7. The van der Waals surface area contributed by atoms with Gasteiger partial charge < -0.3 is 9.64 Å². The zero-order valence-electron chi connectivity index (χ0n) is 18.7. The van der Waals surface area contributed by atoms with Crippen LogP contribution in [0.3, 0.4) is 0 Å². The number of hydrogen-bond acceptors (Lipinski definition) is 7. The van der Waals surface area contributed by atoms with Crippen LogP contribution < -0.4 is 9.64 Å². The quantitative estimate of drug-likeness (QED) is 0.295. The molecule has 0 spiro atoms. The number of ether oxygens (including phenoxy) is 1. The van der Waals surface area contributed by atoms with E-state index in [2.05, 4.69) is 0 Å². The number of hydrogen-bond donors (Lipinski definition) is 0. The molecule has 0 aromatic heterocycles. The second-order valence-electron chi connectivity index (χ2n) is 8.51. The van der Waals surface area contributed by atoms with Gasteiger partial charge in [-0.3, -0.25) is 25.0 Å². The van der Waals surface area contributed by atoms with Crippen LogP contribution >= 0.6 is 0 Å². The molecule has 2 aliphatic rings. The van der Waals surface area contributed by atoms with Gasteiger partial charge in [0.15, 0.2) is 5.78 Å². The van der Waals surface area contributed by atoms with Gasteiger partial charge in [-0.1, -0.05) is 54.6 Å². The molecule has 1 saturated heterocycles. The highest BCUT2D eigenvalue weighted by molar-refractivity contribution is 6.04. The summed E-state index contributed by atoms with van der Waals surface area (Å²) in [6.45, 7) is 0. The van der Waals surface area contributed by atoms with Crippen LogP contribution in [0.2, 0.25) is 0 Å². The molecule has 0 aliphatic carbocycles. The maximum absolute atomic E-state index is 14.0. The van der Waals surface area contributed by atoms with E-state index in [1.807, 2.05) is 30.3 Å². The van der Waals surface area contributed by atoms with Gasteiger partial charge in [-0.05, 0) is 29.3 Å². The largest absolute Gasteiger partial charge is 0.497 e. The summed E-state index contributed by atoms with van der Waals surface area (Å²) < 4.78 is 5.24. The normalized spacial score (nSPS) is 22.3. The summed E-state index contributed by atoms with van der Waals surface area (Å²) in [6, 6.07) is 17.1. The van der Waals surface area contributed by atoms with Crippen molar-refractivity contribution in [1.29, 1.82) is 0 Å². The highest BCUT2D eigenvalue weighted by Gasteiger charge is 2.59. The van der Waals surface area contributed by atoms with Crippen LogP contribution in [0.4, 0.5) is 11.4 Å². The summed E-state index contributed by atoms with van der Waals surface area (Å²) in [5.41, 5.74) is 2.11. The van der Waals surface area contributed by atoms with Crippen LogP contribution in [-0.2, 0) is 0 Å². The number of methoxy groups -OCH3 is 1. The zero-order chi connectivity index (χ0) is 24.7. The van der Waals surface area contributed by atoms with Crippen molar-refractivity contribution in [3.63, 3.8) is 0 Å². The highest BCUT2D eigenvalue weighted by atomic mass is 16.6. The number of carbonyl (C=O) groups is 1. The summed E-state index contributed by atoms with van der Waals surface area (Å²) in [7, 11) is 1.53. The monoisotopic (exact) mass is 471 g/mol. The standard InChI is InChI=1S/C26H21N3O6/c1-35-20-12-9-17(10-13-20)23-24(29(33)34)22-14-11-16-5-2-3-8-21(16)27(22)25(23)26(30)18-6-4-7-19(15-18)28(31)32/h2-15,22-25H,1H3/t22-,23+,24-,25-/m1/s1. The van der Waals surface area contributed by atoms with E-state index >= 15 is 0 Å². The van der Waals surface area contributed by atoms with E-state index in [9.17, 15) is 25.0 Å². The van der Waals surface area contributed by atoms with Crippen molar-refractivity contribution in [1.82, 2.24) is 0 Å². The number of nitrogens with zero attached hydrogens (tertiary/aromatic N) is 3. The number of nitro groups is 2. The van der Waals surface area contributed by atoms with Gasteiger partial charge in [0.1, 0.15) is 17.8 Å². The van der Waals surface area contributed by atoms with Crippen molar-refractivity contribution in [3.05, 3.63) is 116 Å². The first-order valence-corrected chi connectivity index (χ1v) is 11.0. The molecule has 9 nitrogen and oxygen atoms in total. The zero-order valence-corrected chi connectivity index (χ0v) is 18.7. The van der Waals surface area contributed by atoms with E-state index in [1.54, 1.807) is 35.2 Å². The number of benzene rings is 3. The summed E-state index contributed by atoms with van der Waals surface area (Å²) in [5, 5.41) is 23.8. The Hall–Kier alpha value is -4.53. The van der Waals surface area contributed by atoms with Gasteiger partial charge in [-0.2, -0.15) is 0 Å². The van der Waals surface area contributed by atoms with E-state index in [1.165, 1.54) is 31.4 Å². The average molecular weight is 471 g/mol. The van der Waals surface area contributed by atoms with Crippen LogP contribution in [-0.4, -0.2) is 40.9 Å². The van der Waals surface area contributed by atoms with Crippen LogP contribution in [0.25, 0.3) is 6.08 Å². The fourth-order valence-corrected chi connectivity index (χ4v) is 5.20. The number of para-hydroxylation sites is 1. The lowest BCUT2D eigenvalue weighted by Crippen LogP contribution is -2.44. The smallest absolute Gasteiger partial charge is 0.270 e. The molecule has 3 aromatic rings. The number of Topliss-reactive ketones (excluding diaryl/α,β-unsaturated/α-hetero) is 1. The second-order valence-corrected chi connectivity index (χ2v) is 8.51. The van der Waals surface area contributed by atoms with Crippen LogP contribution in [0, 0.1) is 20.2 Å². The van der Waals surface area contributed by atoms with Crippen molar-refractivity contribution in [2.45, 2.75) is 24.0 Å². The van der Waals surface area contributed by atoms with Gasteiger partial charge in [0, 0.05) is 28.3 Å². The van der Waals surface area contributed by atoms with Crippen LogP contribution in [0.5, 0.6) is 5.75 Å². The molecule has 9 heteroatoms. The molecule has 0 saturated carbocycles. The Kier molecular flexibility index (Phi) is 5.52. The lowest BCUT2D eigenvalue weighted by molar-refractivity contribution is -0.524. The topological polar surface area (TPSA) is 116 Å². The van der Waals surface area contributed by atoms with E-state index in [0.717, 1.165) is 5.56 Å². The molecule has 0 N–H and O–H groups in total. The molecular formula is C26H21N3O6. The van der Waals surface area contributed by atoms with Crippen molar-refractivity contribution >= 4 is 23.2 Å². The second kappa shape index (κ2) is 8.68. The Labute approximate surface area is 200 Å². The third kappa shape index (κ3) is 3.71. The number of fused-ring (bicyclic) bond motifs is 3. The van der Waals surface area contributed by atoms with E-state index in [0.29, 0.717) is 17.0 Å². The van der Waals surface area contributed by atoms with Crippen molar-refractivity contribution in [2.24, 2.45) is 0 Å². The minimum absolute atomic E-state index is 0.137. The maximum atomic E-state index is 14.0. The number of ketones is 1. The van der Waals surface area contributed by atoms with Crippen molar-refractivity contribution < 1.29 is 19.4 Å². The number of nitro benzene ring substituents is 1.